The van der Waals surface area contributed by atoms with E-state index in [4.69, 9.17) is 0 Å². The van der Waals surface area contributed by atoms with Crippen LogP contribution in [-0.4, -0.2) is 27.2 Å². The lowest BCUT2D eigenvalue weighted by Gasteiger charge is -2.14. The first-order valence-corrected chi connectivity index (χ1v) is 5.55. The molecular weight excluding hydrogens is 206 g/mol. The normalized spacial score (nSPS) is 22.4. The number of nitrogens with one attached hydrogen (secondary N) is 1. The van der Waals surface area contributed by atoms with E-state index in [0.717, 1.165) is 0 Å². The van der Waals surface area contributed by atoms with Crippen molar-refractivity contribution >= 4 is 16.0 Å². The van der Waals surface area contributed by atoms with Crippen LogP contribution in [0.3, 0.4) is 0 Å². The Balaban J connectivity index is 2.98. The summed E-state index contributed by atoms with van der Waals surface area (Å²) in [5.41, 5.74) is 0.916. The first-order chi connectivity index (χ1) is 6.43. The van der Waals surface area contributed by atoms with Crippen LogP contribution in [0, 0.1) is 0 Å². The van der Waals surface area contributed by atoms with Crippen LogP contribution >= 0.6 is 0 Å². The Hall–Kier alpha value is -1.30. The summed E-state index contributed by atoms with van der Waals surface area (Å²) in [5.74, 6) is -0.749. The van der Waals surface area contributed by atoms with Gasteiger partial charge in [0.15, 0.2) is 0 Å². The van der Waals surface area contributed by atoms with Gasteiger partial charge < -0.3 is 4.74 Å². The summed E-state index contributed by atoms with van der Waals surface area (Å²) in [6, 6.07) is 0. The van der Waals surface area contributed by atoms with Crippen molar-refractivity contribution < 1.29 is 17.9 Å². The molecule has 0 fully saturated rings. The van der Waals surface area contributed by atoms with Crippen LogP contribution in [-0.2, 0) is 19.6 Å². The number of ether oxygens (including phenoxy) is 1. The van der Waals surface area contributed by atoms with E-state index in [0.29, 0.717) is 11.3 Å². The number of sulfonamides is 1. The lowest BCUT2D eigenvalue weighted by molar-refractivity contribution is -0.134. The zero-order valence-electron chi connectivity index (χ0n) is 7.90. The second-order valence-electron chi connectivity index (χ2n) is 2.93. The van der Waals surface area contributed by atoms with Gasteiger partial charge in [0.05, 0.1) is 12.9 Å². The Bertz CT molecular complexity index is 405. The van der Waals surface area contributed by atoms with Gasteiger partial charge in [-0.25, -0.2) is 13.2 Å². The van der Waals surface area contributed by atoms with Gasteiger partial charge >= 0.3 is 5.97 Å². The smallest absolute Gasteiger partial charge is 0.330 e. The van der Waals surface area contributed by atoms with E-state index >= 15 is 0 Å². The highest BCUT2D eigenvalue weighted by Gasteiger charge is 2.18. The van der Waals surface area contributed by atoms with Crippen molar-refractivity contribution in [3.63, 3.8) is 0 Å². The number of allylic oxidation sites excluding steroid dienone is 2. The van der Waals surface area contributed by atoms with Crippen LogP contribution in [0.25, 0.3) is 0 Å². The minimum atomic E-state index is -3.33. The highest BCUT2D eigenvalue weighted by molar-refractivity contribution is 7.89. The highest BCUT2D eigenvalue weighted by atomic mass is 32.2. The Kier molecular flexibility index (Phi) is 2.95. The molecule has 0 amide bonds. The molecule has 0 spiro atoms. The third kappa shape index (κ3) is 2.88. The summed E-state index contributed by atoms with van der Waals surface area (Å²) < 4.78 is 29.1. The number of hydrogen-bond donors (Lipinski definition) is 1. The van der Waals surface area contributed by atoms with Gasteiger partial charge in [-0.1, -0.05) is 0 Å². The molecule has 1 heterocycles. The minimum absolute atomic E-state index is 0.195. The largest absolute Gasteiger partial charge is 0.466 e. The summed E-state index contributed by atoms with van der Waals surface area (Å²) in [7, 11) is -2.09. The van der Waals surface area contributed by atoms with Crippen LogP contribution in [0.4, 0.5) is 0 Å². The molecule has 6 heteroatoms. The van der Waals surface area contributed by atoms with E-state index < -0.39 is 16.0 Å². The second kappa shape index (κ2) is 3.83. The lowest BCUT2D eigenvalue weighted by Crippen LogP contribution is -2.29. The maximum absolute atomic E-state index is 11.2. The van der Waals surface area contributed by atoms with E-state index in [-0.39, 0.29) is 5.75 Å². The van der Waals surface area contributed by atoms with Crippen LogP contribution in [0.15, 0.2) is 23.4 Å². The molecule has 1 aliphatic rings. The van der Waals surface area contributed by atoms with Crippen LogP contribution in [0.5, 0.6) is 0 Å². The molecule has 0 radical (unpaired) electrons. The molecule has 0 aromatic rings. The van der Waals surface area contributed by atoms with Crippen molar-refractivity contribution in [3.05, 3.63) is 23.4 Å². The minimum Gasteiger partial charge on any atom is -0.466 e. The predicted molar refractivity (Wildman–Crippen MR) is 50.8 cm³/mol. The van der Waals surface area contributed by atoms with Crippen LogP contribution in [0.1, 0.15) is 6.92 Å². The van der Waals surface area contributed by atoms with Crippen LogP contribution in [0.2, 0.25) is 0 Å². The molecule has 0 aromatic carbocycles. The van der Waals surface area contributed by atoms with Gasteiger partial charge in [-0.3, -0.25) is 4.72 Å². The SMILES string of the molecule is COC(=O)/C=C1\C=C(C)NS(=O)(=O)C1. The Labute approximate surface area is 82.5 Å². The van der Waals surface area contributed by atoms with Crippen molar-refractivity contribution in [1.82, 2.24) is 4.72 Å². The van der Waals surface area contributed by atoms with Gasteiger partial charge in [-0.15, -0.1) is 0 Å². The van der Waals surface area contributed by atoms with Crippen molar-refractivity contribution in [3.8, 4) is 0 Å². The summed E-state index contributed by atoms with van der Waals surface area (Å²) in [6.07, 6.45) is 2.76. The van der Waals surface area contributed by atoms with Gasteiger partial charge in [0.25, 0.3) is 0 Å². The van der Waals surface area contributed by atoms with Crippen molar-refractivity contribution in [1.29, 1.82) is 0 Å². The summed E-state index contributed by atoms with van der Waals surface area (Å²) >= 11 is 0. The Morgan fingerprint density at radius 2 is 2.29 bits per heavy atom. The van der Waals surface area contributed by atoms with E-state index in [1.807, 2.05) is 0 Å². The quantitative estimate of drug-likeness (QED) is 0.492. The zero-order valence-corrected chi connectivity index (χ0v) is 8.72. The molecule has 1 N–H and O–H groups in total. The van der Waals surface area contributed by atoms with Gasteiger partial charge in [-0.2, -0.15) is 0 Å². The van der Waals surface area contributed by atoms with Crippen molar-refractivity contribution in [2.45, 2.75) is 6.92 Å². The van der Waals surface area contributed by atoms with E-state index in [2.05, 4.69) is 9.46 Å². The molecule has 1 rings (SSSR count). The molecule has 0 saturated heterocycles. The number of methoxy groups -OCH3 is 1. The summed E-state index contributed by atoms with van der Waals surface area (Å²) in [5, 5.41) is 0. The first kappa shape index (κ1) is 10.8. The lowest BCUT2D eigenvalue weighted by atomic mass is 10.2. The van der Waals surface area contributed by atoms with E-state index in [1.54, 1.807) is 13.0 Å². The Morgan fingerprint density at radius 3 is 2.79 bits per heavy atom. The average Bonchev–Trinajstić information content (AvgIpc) is 1.99. The second-order valence-corrected chi connectivity index (χ2v) is 4.65. The monoisotopic (exact) mass is 217 g/mol. The molecular formula is C8H11NO4S. The number of carbonyl (C=O) groups excluding carboxylic acids is 1. The highest BCUT2D eigenvalue weighted by Crippen LogP contribution is 2.11. The van der Waals surface area contributed by atoms with Gasteiger partial charge in [0.1, 0.15) is 0 Å². The average molecular weight is 217 g/mol. The van der Waals surface area contributed by atoms with Crippen molar-refractivity contribution in [2.75, 3.05) is 12.9 Å². The van der Waals surface area contributed by atoms with E-state index in [9.17, 15) is 13.2 Å². The number of hydrogen-bond acceptors (Lipinski definition) is 4. The molecule has 0 aromatic heterocycles. The molecule has 78 valence electrons. The number of esters is 1. The maximum atomic E-state index is 11.2. The summed E-state index contributed by atoms with van der Waals surface area (Å²) in [4.78, 5) is 10.9. The van der Waals surface area contributed by atoms with Gasteiger partial charge in [0, 0.05) is 11.8 Å². The number of carbonyl (C=O) groups is 1. The molecule has 5 nitrogen and oxygen atoms in total. The molecule has 0 aliphatic carbocycles. The number of rotatable bonds is 1. The molecule has 14 heavy (non-hydrogen) atoms. The topological polar surface area (TPSA) is 72.5 Å². The van der Waals surface area contributed by atoms with E-state index in [1.165, 1.54) is 13.2 Å². The van der Waals surface area contributed by atoms with Crippen molar-refractivity contribution in [2.24, 2.45) is 0 Å². The molecule has 1 aliphatic heterocycles. The van der Waals surface area contributed by atoms with Gasteiger partial charge in [0.2, 0.25) is 10.0 Å². The standard InChI is InChI=1S/C8H11NO4S/c1-6-3-7(4-8(10)13-2)5-14(11,12)9-6/h3-4,9H,5H2,1-2H3/b7-4+. The summed E-state index contributed by atoms with van der Waals surface area (Å²) in [6.45, 7) is 1.61. The molecule has 0 saturated carbocycles. The van der Waals surface area contributed by atoms with Crippen LogP contribution < -0.4 is 4.72 Å². The fraction of sp³-hybridized carbons (Fsp3) is 0.375. The molecule has 0 atom stereocenters. The van der Waals surface area contributed by atoms with Gasteiger partial charge in [-0.05, 0) is 18.6 Å². The fourth-order valence-electron chi connectivity index (χ4n) is 1.14. The third-order valence-electron chi connectivity index (χ3n) is 1.58. The maximum Gasteiger partial charge on any atom is 0.330 e. The molecule has 0 unspecified atom stereocenters. The first-order valence-electron chi connectivity index (χ1n) is 3.90. The zero-order chi connectivity index (χ0) is 10.8. The fourth-order valence-corrected chi connectivity index (χ4v) is 2.37. The third-order valence-corrected chi connectivity index (χ3v) is 2.93. The molecule has 0 bridgehead atoms. The Morgan fingerprint density at radius 1 is 1.64 bits per heavy atom. The predicted octanol–water partition coefficient (Wildman–Crippen LogP) is -0.0774.